The molecule has 0 N–H and O–H groups in total. The number of fused-ring (bicyclic) bond motifs is 1. The highest BCUT2D eigenvalue weighted by atomic mass is 16.7. The largest absolute Gasteiger partial charge is 0.493 e. The summed E-state index contributed by atoms with van der Waals surface area (Å²) in [6.07, 6.45) is 0.711. The Morgan fingerprint density at radius 2 is 1.91 bits per heavy atom. The minimum absolute atomic E-state index is 0.231. The van der Waals surface area contributed by atoms with Gasteiger partial charge >= 0.3 is 0 Å². The maximum Gasteiger partial charge on any atom is 0.231 e. The third kappa shape index (κ3) is 3.32. The van der Waals surface area contributed by atoms with E-state index in [1.54, 1.807) is 7.11 Å². The predicted octanol–water partition coefficient (Wildman–Crippen LogP) is 3.85. The molecule has 1 atom stereocenters. The number of hydrogen-bond acceptors (Lipinski definition) is 5. The van der Waals surface area contributed by atoms with Crippen LogP contribution in [-0.4, -0.2) is 13.9 Å². The fourth-order valence-electron chi connectivity index (χ4n) is 2.47. The molecule has 0 aromatic heterocycles. The number of nitriles is 1. The minimum atomic E-state index is -0.263. The van der Waals surface area contributed by atoms with Crippen LogP contribution in [-0.2, 0) is 0 Å². The van der Waals surface area contributed by atoms with Crippen LogP contribution in [0.5, 0.6) is 23.0 Å². The average molecular weight is 311 g/mol. The average Bonchev–Trinajstić information content (AvgIpc) is 3.06. The van der Waals surface area contributed by atoms with E-state index >= 15 is 0 Å². The summed E-state index contributed by atoms with van der Waals surface area (Å²) in [7, 11) is 1.60. The van der Waals surface area contributed by atoms with Gasteiger partial charge in [0.25, 0.3) is 0 Å². The van der Waals surface area contributed by atoms with Crippen molar-refractivity contribution in [1.29, 1.82) is 5.26 Å². The van der Waals surface area contributed by atoms with E-state index in [4.69, 9.17) is 24.2 Å². The first-order valence-electron chi connectivity index (χ1n) is 7.38. The van der Waals surface area contributed by atoms with Crippen LogP contribution < -0.4 is 18.9 Å². The number of rotatable bonds is 6. The Labute approximate surface area is 135 Å². The first kappa shape index (κ1) is 15.0. The van der Waals surface area contributed by atoms with Crippen molar-refractivity contribution in [3.8, 4) is 29.1 Å². The van der Waals surface area contributed by atoms with Gasteiger partial charge < -0.3 is 18.9 Å². The van der Waals surface area contributed by atoms with Crippen molar-refractivity contribution in [2.24, 2.45) is 0 Å². The summed E-state index contributed by atoms with van der Waals surface area (Å²) in [6, 6.07) is 15.3. The third-order valence-corrected chi connectivity index (χ3v) is 3.63. The van der Waals surface area contributed by atoms with E-state index < -0.39 is 0 Å². The monoisotopic (exact) mass is 311 g/mol. The SMILES string of the molecule is COc1ccccc1OC(CCC#N)c1ccc2c(c1)OCO2. The minimum Gasteiger partial charge on any atom is -0.493 e. The lowest BCUT2D eigenvalue weighted by Crippen LogP contribution is -2.08. The van der Waals surface area contributed by atoms with Gasteiger partial charge in [-0.2, -0.15) is 5.26 Å². The Kier molecular flexibility index (Phi) is 4.53. The Morgan fingerprint density at radius 3 is 2.70 bits per heavy atom. The molecule has 0 bridgehead atoms. The van der Waals surface area contributed by atoms with Crippen molar-refractivity contribution in [2.45, 2.75) is 18.9 Å². The summed E-state index contributed by atoms with van der Waals surface area (Å²) in [5.74, 6) is 2.74. The Bertz CT molecular complexity index is 723. The molecule has 0 fully saturated rings. The standard InChI is InChI=1S/C18H17NO4/c1-20-15-5-2-3-6-17(15)23-14(7-4-10-19)13-8-9-16-18(11-13)22-12-21-16/h2-3,5-6,8-9,11,14H,4,7,12H2,1H3. The molecule has 0 amide bonds. The number of benzene rings is 2. The van der Waals surface area contributed by atoms with Gasteiger partial charge in [0.2, 0.25) is 6.79 Å². The second-order valence-electron chi connectivity index (χ2n) is 5.07. The van der Waals surface area contributed by atoms with Crippen LogP contribution in [0, 0.1) is 11.3 Å². The molecule has 1 unspecified atom stereocenters. The van der Waals surface area contributed by atoms with E-state index in [0.29, 0.717) is 30.1 Å². The molecular weight excluding hydrogens is 294 g/mol. The van der Waals surface area contributed by atoms with Gasteiger partial charge in [-0.3, -0.25) is 0 Å². The number of nitrogens with zero attached hydrogens (tertiary/aromatic N) is 1. The van der Waals surface area contributed by atoms with Crippen molar-refractivity contribution in [3.05, 3.63) is 48.0 Å². The van der Waals surface area contributed by atoms with Gasteiger partial charge in [0.05, 0.1) is 13.2 Å². The van der Waals surface area contributed by atoms with Crippen LogP contribution in [0.1, 0.15) is 24.5 Å². The molecule has 0 aliphatic carbocycles. The molecule has 2 aromatic rings. The molecule has 0 spiro atoms. The van der Waals surface area contributed by atoms with Gasteiger partial charge in [-0.1, -0.05) is 18.2 Å². The van der Waals surface area contributed by atoms with Gasteiger partial charge in [0.1, 0.15) is 6.10 Å². The Balaban J connectivity index is 1.87. The highest BCUT2D eigenvalue weighted by Gasteiger charge is 2.20. The third-order valence-electron chi connectivity index (χ3n) is 3.63. The van der Waals surface area contributed by atoms with Crippen molar-refractivity contribution < 1.29 is 18.9 Å². The molecule has 5 nitrogen and oxygen atoms in total. The Morgan fingerprint density at radius 1 is 1.13 bits per heavy atom. The molecule has 23 heavy (non-hydrogen) atoms. The fourth-order valence-corrected chi connectivity index (χ4v) is 2.47. The van der Waals surface area contributed by atoms with Gasteiger partial charge in [-0.05, 0) is 29.8 Å². The zero-order chi connectivity index (χ0) is 16.1. The van der Waals surface area contributed by atoms with Crippen LogP contribution in [0.15, 0.2) is 42.5 Å². The molecule has 0 radical (unpaired) electrons. The van der Waals surface area contributed by atoms with Crippen molar-refractivity contribution in [3.63, 3.8) is 0 Å². The normalized spacial score (nSPS) is 13.2. The van der Waals surface area contributed by atoms with Crippen LogP contribution in [0.2, 0.25) is 0 Å². The van der Waals surface area contributed by atoms with Gasteiger partial charge in [0, 0.05) is 12.8 Å². The summed E-state index contributed by atoms with van der Waals surface area (Å²) < 4.78 is 22.2. The molecule has 0 saturated heterocycles. The van der Waals surface area contributed by atoms with E-state index in [1.807, 2.05) is 42.5 Å². The highest BCUT2D eigenvalue weighted by molar-refractivity contribution is 5.46. The van der Waals surface area contributed by atoms with E-state index in [1.165, 1.54) is 0 Å². The topological polar surface area (TPSA) is 60.7 Å². The number of hydrogen-bond donors (Lipinski definition) is 0. The molecule has 0 saturated carbocycles. The van der Waals surface area contributed by atoms with Crippen LogP contribution in [0.4, 0.5) is 0 Å². The lowest BCUT2D eigenvalue weighted by molar-refractivity contribution is 0.173. The molecule has 1 heterocycles. The number of ether oxygens (including phenoxy) is 4. The van der Waals surface area contributed by atoms with Gasteiger partial charge in [-0.15, -0.1) is 0 Å². The van der Waals surface area contributed by atoms with E-state index in [0.717, 1.165) is 11.3 Å². The maximum atomic E-state index is 8.91. The molecule has 3 rings (SSSR count). The van der Waals surface area contributed by atoms with Crippen LogP contribution in [0.3, 0.4) is 0 Å². The Hall–Kier alpha value is -2.87. The van der Waals surface area contributed by atoms with Gasteiger partial charge in [-0.25, -0.2) is 0 Å². The van der Waals surface area contributed by atoms with Gasteiger partial charge in [0.15, 0.2) is 23.0 Å². The number of methoxy groups -OCH3 is 1. The first-order chi connectivity index (χ1) is 11.3. The van der Waals surface area contributed by atoms with E-state index in [2.05, 4.69) is 6.07 Å². The summed E-state index contributed by atoms with van der Waals surface area (Å²) in [5.41, 5.74) is 0.940. The zero-order valence-corrected chi connectivity index (χ0v) is 12.8. The summed E-state index contributed by atoms with van der Waals surface area (Å²) in [5, 5.41) is 8.91. The molecule has 118 valence electrons. The van der Waals surface area contributed by atoms with E-state index in [-0.39, 0.29) is 12.9 Å². The van der Waals surface area contributed by atoms with Crippen molar-refractivity contribution >= 4 is 0 Å². The summed E-state index contributed by atoms with van der Waals surface area (Å²) >= 11 is 0. The molecule has 2 aromatic carbocycles. The number of para-hydroxylation sites is 2. The highest BCUT2D eigenvalue weighted by Crippen LogP contribution is 2.38. The quantitative estimate of drug-likeness (QED) is 0.811. The smallest absolute Gasteiger partial charge is 0.231 e. The first-order valence-corrected chi connectivity index (χ1v) is 7.38. The molecule has 5 heteroatoms. The molecular formula is C18H17NO4. The lowest BCUT2D eigenvalue weighted by Gasteiger charge is -2.20. The predicted molar refractivity (Wildman–Crippen MR) is 83.8 cm³/mol. The summed E-state index contributed by atoms with van der Waals surface area (Å²) in [4.78, 5) is 0. The van der Waals surface area contributed by atoms with Crippen molar-refractivity contribution in [1.82, 2.24) is 0 Å². The lowest BCUT2D eigenvalue weighted by atomic mass is 10.0. The zero-order valence-electron chi connectivity index (χ0n) is 12.8. The molecule has 1 aliphatic heterocycles. The second kappa shape index (κ2) is 6.93. The molecule has 1 aliphatic rings. The van der Waals surface area contributed by atoms with Crippen LogP contribution >= 0.6 is 0 Å². The fraction of sp³-hybridized carbons (Fsp3) is 0.278. The van der Waals surface area contributed by atoms with Crippen LogP contribution in [0.25, 0.3) is 0 Å². The second-order valence-corrected chi connectivity index (χ2v) is 5.07. The summed E-state index contributed by atoms with van der Waals surface area (Å²) in [6.45, 7) is 0.231. The van der Waals surface area contributed by atoms with Crippen molar-refractivity contribution in [2.75, 3.05) is 13.9 Å². The maximum absolute atomic E-state index is 8.91. The van der Waals surface area contributed by atoms with E-state index in [9.17, 15) is 0 Å².